The van der Waals surface area contributed by atoms with Crippen LogP contribution in [0, 0.1) is 5.92 Å². The lowest BCUT2D eigenvalue weighted by atomic mass is 9.76. The van der Waals surface area contributed by atoms with Gasteiger partial charge in [0.05, 0.1) is 12.7 Å². The highest BCUT2D eigenvalue weighted by atomic mass is 16.5. The van der Waals surface area contributed by atoms with Gasteiger partial charge in [0.25, 0.3) is 0 Å². The van der Waals surface area contributed by atoms with Crippen LogP contribution in [0.4, 0.5) is 0 Å². The highest BCUT2D eigenvalue weighted by Crippen LogP contribution is 2.34. The molecule has 0 bridgehead atoms. The van der Waals surface area contributed by atoms with Crippen LogP contribution in [0.3, 0.4) is 0 Å². The third kappa shape index (κ3) is 2.12. The first-order valence-electron chi connectivity index (χ1n) is 6.11. The van der Waals surface area contributed by atoms with Gasteiger partial charge in [-0.2, -0.15) is 0 Å². The monoisotopic (exact) mass is 197 g/mol. The first-order valence-corrected chi connectivity index (χ1v) is 6.11. The number of ether oxygens (including phenoxy) is 1. The molecule has 1 heterocycles. The van der Waals surface area contributed by atoms with Gasteiger partial charge in [-0.05, 0) is 25.2 Å². The Labute approximate surface area is 87.4 Å². The van der Waals surface area contributed by atoms with Crippen molar-refractivity contribution in [1.82, 2.24) is 5.32 Å². The molecular weight excluding hydrogens is 174 g/mol. The molecule has 2 nitrogen and oxygen atoms in total. The number of hydrogen-bond acceptors (Lipinski definition) is 2. The van der Waals surface area contributed by atoms with Gasteiger partial charge < -0.3 is 10.1 Å². The molecule has 1 saturated heterocycles. The largest absolute Gasteiger partial charge is 0.375 e. The highest BCUT2D eigenvalue weighted by Gasteiger charge is 2.38. The Bertz CT molecular complexity index is 185. The predicted octanol–water partition coefficient (Wildman–Crippen LogP) is 2.33. The zero-order valence-corrected chi connectivity index (χ0v) is 9.51. The molecule has 2 heteroatoms. The van der Waals surface area contributed by atoms with E-state index < -0.39 is 0 Å². The maximum atomic E-state index is 5.91. The lowest BCUT2D eigenvalue weighted by Crippen LogP contribution is -2.58. The molecule has 2 aliphatic rings. The molecule has 3 unspecified atom stereocenters. The van der Waals surface area contributed by atoms with Gasteiger partial charge in [-0.1, -0.05) is 26.7 Å². The molecule has 0 aromatic rings. The lowest BCUT2D eigenvalue weighted by molar-refractivity contribution is -0.0520. The molecule has 1 saturated carbocycles. The van der Waals surface area contributed by atoms with E-state index in [0.29, 0.717) is 11.6 Å². The van der Waals surface area contributed by atoms with Crippen molar-refractivity contribution in [3.63, 3.8) is 0 Å². The van der Waals surface area contributed by atoms with Crippen molar-refractivity contribution in [2.45, 2.75) is 57.6 Å². The molecule has 2 rings (SSSR count). The van der Waals surface area contributed by atoms with E-state index in [2.05, 4.69) is 19.2 Å². The van der Waals surface area contributed by atoms with Crippen LogP contribution in [0.15, 0.2) is 0 Å². The summed E-state index contributed by atoms with van der Waals surface area (Å²) < 4.78 is 5.91. The standard InChI is InChI=1S/C12H23NO/c1-3-11-8-13-12(9-14-11)6-4-5-10(2)7-12/h10-11,13H,3-9H2,1-2H3. The second-order valence-corrected chi connectivity index (χ2v) is 5.20. The molecule has 0 amide bonds. The molecule has 14 heavy (non-hydrogen) atoms. The molecule has 1 spiro atoms. The molecule has 1 aliphatic heterocycles. The molecular formula is C12H23NO. The fourth-order valence-corrected chi connectivity index (χ4v) is 2.93. The van der Waals surface area contributed by atoms with Crippen molar-refractivity contribution < 1.29 is 4.74 Å². The summed E-state index contributed by atoms with van der Waals surface area (Å²) in [5, 5.41) is 3.74. The Balaban J connectivity index is 1.91. The number of nitrogens with one attached hydrogen (secondary N) is 1. The summed E-state index contributed by atoms with van der Waals surface area (Å²) in [7, 11) is 0. The quantitative estimate of drug-likeness (QED) is 0.696. The van der Waals surface area contributed by atoms with Gasteiger partial charge >= 0.3 is 0 Å². The van der Waals surface area contributed by atoms with E-state index in [0.717, 1.165) is 25.5 Å². The second kappa shape index (κ2) is 4.19. The van der Waals surface area contributed by atoms with Crippen LogP contribution < -0.4 is 5.32 Å². The van der Waals surface area contributed by atoms with Crippen LogP contribution in [0.5, 0.6) is 0 Å². The normalized spacial score (nSPS) is 44.1. The van der Waals surface area contributed by atoms with Crippen LogP contribution in [0.25, 0.3) is 0 Å². The molecule has 3 atom stereocenters. The Hall–Kier alpha value is -0.0800. The van der Waals surface area contributed by atoms with Gasteiger partial charge in [0.1, 0.15) is 0 Å². The number of morpholine rings is 1. The summed E-state index contributed by atoms with van der Waals surface area (Å²) >= 11 is 0. The lowest BCUT2D eigenvalue weighted by Gasteiger charge is -2.45. The molecule has 0 aromatic carbocycles. The Morgan fingerprint density at radius 1 is 1.50 bits per heavy atom. The van der Waals surface area contributed by atoms with E-state index in [1.54, 1.807) is 0 Å². The third-order valence-electron chi connectivity index (χ3n) is 3.85. The zero-order chi connectivity index (χ0) is 10.0. The van der Waals surface area contributed by atoms with Gasteiger partial charge in [-0.25, -0.2) is 0 Å². The summed E-state index contributed by atoms with van der Waals surface area (Å²) in [6.07, 6.45) is 6.99. The van der Waals surface area contributed by atoms with Gasteiger partial charge in [-0.3, -0.25) is 0 Å². The predicted molar refractivity (Wildman–Crippen MR) is 58.4 cm³/mol. The fourth-order valence-electron chi connectivity index (χ4n) is 2.93. The summed E-state index contributed by atoms with van der Waals surface area (Å²) in [5.41, 5.74) is 0.337. The third-order valence-corrected chi connectivity index (χ3v) is 3.85. The van der Waals surface area contributed by atoms with Crippen molar-refractivity contribution >= 4 is 0 Å². The minimum atomic E-state index is 0.337. The first-order chi connectivity index (χ1) is 6.74. The Kier molecular flexibility index (Phi) is 3.13. The minimum absolute atomic E-state index is 0.337. The van der Waals surface area contributed by atoms with Crippen molar-refractivity contribution in [1.29, 1.82) is 0 Å². The number of rotatable bonds is 1. The van der Waals surface area contributed by atoms with E-state index in [-0.39, 0.29) is 0 Å². The smallest absolute Gasteiger partial charge is 0.0698 e. The van der Waals surface area contributed by atoms with Gasteiger partial charge in [-0.15, -0.1) is 0 Å². The SMILES string of the molecule is CCC1CNC2(CCCC(C)C2)CO1. The topological polar surface area (TPSA) is 21.3 Å². The average Bonchev–Trinajstić information content (AvgIpc) is 2.19. The van der Waals surface area contributed by atoms with E-state index in [4.69, 9.17) is 4.74 Å². The molecule has 0 aromatic heterocycles. The number of hydrogen-bond donors (Lipinski definition) is 1. The van der Waals surface area contributed by atoms with Crippen LogP contribution in [-0.2, 0) is 4.74 Å². The molecule has 1 aliphatic carbocycles. The average molecular weight is 197 g/mol. The Morgan fingerprint density at radius 3 is 2.93 bits per heavy atom. The summed E-state index contributed by atoms with van der Waals surface area (Å²) in [4.78, 5) is 0. The maximum absolute atomic E-state index is 5.91. The van der Waals surface area contributed by atoms with Crippen LogP contribution >= 0.6 is 0 Å². The molecule has 0 radical (unpaired) electrons. The van der Waals surface area contributed by atoms with E-state index in [9.17, 15) is 0 Å². The van der Waals surface area contributed by atoms with Crippen molar-refractivity contribution in [3.05, 3.63) is 0 Å². The second-order valence-electron chi connectivity index (χ2n) is 5.20. The summed E-state index contributed by atoms with van der Waals surface area (Å²) in [5.74, 6) is 0.873. The molecule has 82 valence electrons. The van der Waals surface area contributed by atoms with Crippen LogP contribution in [0.2, 0.25) is 0 Å². The van der Waals surface area contributed by atoms with Gasteiger partial charge in [0, 0.05) is 12.1 Å². The maximum Gasteiger partial charge on any atom is 0.0698 e. The van der Waals surface area contributed by atoms with Gasteiger partial charge in [0.15, 0.2) is 0 Å². The van der Waals surface area contributed by atoms with Crippen LogP contribution in [0.1, 0.15) is 46.0 Å². The van der Waals surface area contributed by atoms with E-state index >= 15 is 0 Å². The van der Waals surface area contributed by atoms with E-state index in [1.165, 1.54) is 25.7 Å². The van der Waals surface area contributed by atoms with Gasteiger partial charge in [0.2, 0.25) is 0 Å². The Morgan fingerprint density at radius 2 is 2.36 bits per heavy atom. The van der Waals surface area contributed by atoms with E-state index in [1.807, 2.05) is 0 Å². The fraction of sp³-hybridized carbons (Fsp3) is 1.00. The van der Waals surface area contributed by atoms with Crippen LogP contribution in [-0.4, -0.2) is 24.8 Å². The van der Waals surface area contributed by atoms with Crippen molar-refractivity contribution in [2.24, 2.45) is 5.92 Å². The summed E-state index contributed by atoms with van der Waals surface area (Å²) in [6, 6.07) is 0. The van der Waals surface area contributed by atoms with Crippen molar-refractivity contribution in [3.8, 4) is 0 Å². The summed E-state index contributed by atoms with van der Waals surface area (Å²) in [6.45, 7) is 6.57. The molecule has 1 N–H and O–H groups in total. The van der Waals surface area contributed by atoms with Crippen molar-refractivity contribution in [2.75, 3.05) is 13.2 Å². The zero-order valence-electron chi connectivity index (χ0n) is 9.51. The first kappa shape index (κ1) is 10.4. The minimum Gasteiger partial charge on any atom is -0.375 e. The molecule has 2 fully saturated rings. The highest BCUT2D eigenvalue weighted by molar-refractivity contribution is 4.95.